The highest BCUT2D eigenvalue weighted by atomic mass is 28.3. The van der Waals surface area contributed by atoms with Crippen LogP contribution in [0.4, 0.5) is 13.2 Å². The number of rotatable bonds is 4. The van der Waals surface area contributed by atoms with Crippen molar-refractivity contribution in [3.05, 3.63) is 34.9 Å². The van der Waals surface area contributed by atoms with E-state index in [0.29, 0.717) is 12.4 Å². The number of hydrogen-bond donors (Lipinski definition) is 2. The fourth-order valence-electron chi connectivity index (χ4n) is 1.57. The molecule has 0 aliphatic rings. The van der Waals surface area contributed by atoms with Crippen LogP contribution in [0.5, 0.6) is 0 Å². The van der Waals surface area contributed by atoms with Crippen molar-refractivity contribution in [3.63, 3.8) is 0 Å². The molecule has 1 aromatic carbocycles. The third kappa shape index (κ3) is 5.22. The van der Waals surface area contributed by atoms with Crippen LogP contribution in [0.1, 0.15) is 21.5 Å². The van der Waals surface area contributed by atoms with Crippen LogP contribution in [-0.2, 0) is 6.18 Å². The topological polar surface area (TPSA) is 61.7 Å². The Morgan fingerprint density at radius 1 is 1.38 bits per heavy atom. The minimum Gasteiger partial charge on any atom is -0.411 e. The van der Waals surface area contributed by atoms with Crippen LogP contribution in [0.2, 0.25) is 19.6 Å². The summed E-state index contributed by atoms with van der Waals surface area (Å²) in [7, 11) is -1.54. The molecular weight excluding hydrogens is 301 g/mol. The average molecular weight is 318 g/mol. The van der Waals surface area contributed by atoms with Gasteiger partial charge in [0.05, 0.1) is 19.9 Å². The molecule has 0 bridgehead atoms. The standard InChI is InChI=1S/C13H17F3N2O2Si/c1-21(2,3)8-17-12(19)9-4-5-10(7-18-20)11(6-9)13(14,15)16/h4-7,20H,8H2,1-3H3,(H,17,19). The largest absolute Gasteiger partial charge is 0.417 e. The molecule has 0 saturated heterocycles. The van der Waals surface area contributed by atoms with E-state index in [-0.39, 0.29) is 11.1 Å². The number of alkyl halides is 3. The van der Waals surface area contributed by atoms with E-state index in [4.69, 9.17) is 5.21 Å². The van der Waals surface area contributed by atoms with Crippen LogP contribution < -0.4 is 5.32 Å². The van der Waals surface area contributed by atoms with Crippen molar-refractivity contribution in [2.45, 2.75) is 25.8 Å². The van der Waals surface area contributed by atoms with Crippen LogP contribution in [-0.4, -0.2) is 31.6 Å². The highest BCUT2D eigenvalue weighted by Gasteiger charge is 2.33. The molecule has 1 aromatic rings. The van der Waals surface area contributed by atoms with Crippen LogP contribution in [0, 0.1) is 0 Å². The van der Waals surface area contributed by atoms with Gasteiger partial charge in [0.2, 0.25) is 0 Å². The average Bonchev–Trinajstić information content (AvgIpc) is 2.34. The second kappa shape index (κ2) is 6.29. The Hall–Kier alpha value is -1.83. The first-order valence-electron chi connectivity index (χ1n) is 6.21. The van der Waals surface area contributed by atoms with Crippen LogP contribution >= 0.6 is 0 Å². The number of carbonyl (C=O) groups is 1. The quantitative estimate of drug-likeness (QED) is 0.388. The Kier molecular flexibility index (Phi) is 5.16. The summed E-state index contributed by atoms with van der Waals surface area (Å²) < 4.78 is 38.8. The molecule has 4 nitrogen and oxygen atoms in total. The van der Waals surface area contributed by atoms with Gasteiger partial charge in [-0.25, -0.2) is 0 Å². The minimum atomic E-state index is -4.63. The SMILES string of the molecule is C[Si](C)(C)CNC(=O)c1ccc(C=NO)c(C(F)(F)F)c1. The number of benzene rings is 1. The van der Waals surface area contributed by atoms with Gasteiger partial charge >= 0.3 is 6.18 Å². The number of nitrogens with one attached hydrogen (secondary N) is 1. The molecule has 0 aliphatic carbocycles. The molecule has 0 aromatic heterocycles. The smallest absolute Gasteiger partial charge is 0.411 e. The molecule has 0 radical (unpaired) electrons. The summed E-state index contributed by atoms with van der Waals surface area (Å²) in [5, 5.41) is 13.6. The molecule has 8 heteroatoms. The lowest BCUT2D eigenvalue weighted by atomic mass is 10.0. The van der Waals surface area contributed by atoms with Crippen molar-refractivity contribution in [2.24, 2.45) is 5.16 Å². The monoisotopic (exact) mass is 318 g/mol. The van der Waals surface area contributed by atoms with Gasteiger partial charge in [0.25, 0.3) is 5.91 Å². The fraction of sp³-hybridized carbons (Fsp3) is 0.385. The Labute approximate surface area is 121 Å². The van der Waals surface area contributed by atoms with E-state index < -0.39 is 25.7 Å². The maximum Gasteiger partial charge on any atom is 0.417 e. The van der Waals surface area contributed by atoms with Crippen molar-refractivity contribution < 1.29 is 23.2 Å². The molecule has 116 valence electrons. The Morgan fingerprint density at radius 2 is 2.00 bits per heavy atom. The highest BCUT2D eigenvalue weighted by molar-refractivity contribution is 6.76. The summed E-state index contributed by atoms with van der Waals surface area (Å²) in [5.41, 5.74) is -1.39. The third-order valence-corrected chi connectivity index (χ3v) is 3.83. The van der Waals surface area contributed by atoms with Crippen molar-refractivity contribution in [1.82, 2.24) is 5.32 Å². The second-order valence-corrected chi connectivity index (χ2v) is 11.3. The van der Waals surface area contributed by atoms with Crippen molar-refractivity contribution >= 4 is 20.2 Å². The highest BCUT2D eigenvalue weighted by Crippen LogP contribution is 2.32. The lowest BCUT2D eigenvalue weighted by molar-refractivity contribution is -0.137. The fourth-order valence-corrected chi connectivity index (χ4v) is 2.26. The van der Waals surface area contributed by atoms with E-state index in [1.165, 1.54) is 6.07 Å². The van der Waals surface area contributed by atoms with E-state index in [0.717, 1.165) is 12.1 Å². The zero-order valence-electron chi connectivity index (χ0n) is 12.0. The molecule has 0 aliphatic heterocycles. The summed E-state index contributed by atoms with van der Waals surface area (Å²) in [6, 6.07) is 3.13. The molecule has 0 heterocycles. The lowest BCUT2D eigenvalue weighted by Gasteiger charge is -2.17. The summed E-state index contributed by atoms with van der Waals surface area (Å²) in [4.78, 5) is 11.9. The number of hydrogen-bond acceptors (Lipinski definition) is 3. The van der Waals surface area contributed by atoms with E-state index in [1.54, 1.807) is 0 Å². The molecular formula is C13H17F3N2O2Si. The van der Waals surface area contributed by atoms with Gasteiger partial charge in [-0.05, 0) is 12.1 Å². The maximum atomic E-state index is 12.9. The molecule has 0 spiro atoms. The predicted molar refractivity (Wildman–Crippen MR) is 76.5 cm³/mol. The first-order valence-corrected chi connectivity index (χ1v) is 9.92. The maximum absolute atomic E-state index is 12.9. The summed E-state index contributed by atoms with van der Waals surface area (Å²) in [6.07, 6.45) is -3.47. The minimum absolute atomic E-state index is 0.0735. The Balaban J connectivity index is 3.08. The van der Waals surface area contributed by atoms with Crippen molar-refractivity contribution in [2.75, 3.05) is 6.17 Å². The predicted octanol–water partition coefficient (Wildman–Crippen LogP) is 3.12. The Bertz CT molecular complexity index is 551. The van der Waals surface area contributed by atoms with Crippen molar-refractivity contribution in [3.8, 4) is 0 Å². The van der Waals surface area contributed by atoms with E-state index >= 15 is 0 Å². The van der Waals surface area contributed by atoms with Gasteiger partial charge in [0.1, 0.15) is 0 Å². The molecule has 0 atom stereocenters. The number of nitrogens with zero attached hydrogens (tertiary/aromatic N) is 1. The summed E-state index contributed by atoms with van der Waals surface area (Å²) in [6.45, 7) is 6.11. The first-order chi connectivity index (χ1) is 9.54. The van der Waals surface area contributed by atoms with Gasteiger partial charge < -0.3 is 10.5 Å². The first kappa shape index (κ1) is 17.2. The summed E-state index contributed by atoms with van der Waals surface area (Å²) in [5.74, 6) is -0.546. The van der Waals surface area contributed by atoms with Gasteiger partial charge in [-0.2, -0.15) is 13.2 Å². The van der Waals surface area contributed by atoms with Gasteiger partial charge in [0, 0.05) is 17.3 Å². The number of carbonyl (C=O) groups excluding carboxylic acids is 1. The van der Waals surface area contributed by atoms with E-state index in [1.807, 2.05) is 19.6 Å². The third-order valence-electron chi connectivity index (χ3n) is 2.60. The zero-order chi connectivity index (χ0) is 16.3. The lowest BCUT2D eigenvalue weighted by Crippen LogP contribution is -2.39. The van der Waals surface area contributed by atoms with Gasteiger partial charge in [-0.15, -0.1) is 0 Å². The number of halogens is 3. The second-order valence-electron chi connectivity index (χ2n) is 5.79. The molecule has 1 rings (SSSR count). The van der Waals surface area contributed by atoms with Crippen LogP contribution in [0.25, 0.3) is 0 Å². The van der Waals surface area contributed by atoms with E-state index in [9.17, 15) is 18.0 Å². The zero-order valence-corrected chi connectivity index (χ0v) is 13.0. The van der Waals surface area contributed by atoms with Gasteiger partial charge in [0.15, 0.2) is 0 Å². The number of amides is 1. The molecule has 1 amide bonds. The molecule has 0 fully saturated rings. The number of oxime groups is 1. The summed E-state index contributed by atoms with van der Waals surface area (Å²) >= 11 is 0. The molecule has 21 heavy (non-hydrogen) atoms. The van der Waals surface area contributed by atoms with E-state index in [2.05, 4.69) is 10.5 Å². The van der Waals surface area contributed by atoms with Crippen molar-refractivity contribution in [1.29, 1.82) is 0 Å². The Morgan fingerprint density at radius 3 is 2.48 bits per heavy atom. The molecule has 2 N–H and O–H groups in total. The molecule has 0 saturated carbocycles. The van der Waals surface area contributed by atoms with Crippen LogP contribution in [0.15, 0.2) is 23.4 Å². The van der Waals surface area contributed by atoms with Gasteiger partial charge in [-0.3, -0.25) is 4.79 Å². The van der Waals surface area contributed by atoms with Gasteiger partial charge in [-0.1, -0.05) is 30.9 Å². The molecule has 0 unspecified atom stereocenters. The van der Waals surface area contributed by atoms with Crippen LogP contribution in [0.3, 0.4) is 0 Å². The normalized spacial score (nSPS) is 12.7.